The van der Waals surface area contributed by atoms with E-state index in [2.05, 4.69) is 63.4 Å². The van der Waals surface area contributed by atoms with Crippen LogP contribution in [-0.2, 0) is 26.4 Å². The number of pyridine rings is 2. The first-order valence-electron chi connectivity index (χ1n) is 13.8. The first kappa shape index (κ1) is 26.5. The van der Waals surface area contributed by atoms with Gasteiger partial charge in [0.05, 0.1) is 16.9 Å². The summed E-state index contributed by atoms with van der Waals surface area (Å²) in [5, 5.41) is 4.02. The van der Waals surface area contributed by atoms with Crippen molar-refractivity contribution in [3.8, 4) is 11.1 Å². The van der Waals surface area contributed by atoms with Crippen LogP contribution in [0.15, 0.2) is 60.9 Å². The number of imidazole rings is 1. The van der Waals surface area contributed by atoms with Gasteiger partial charge in [-0.3, -0.25) is 19.6 Å². The van der Waals surface area contributed by atoms with Crippen LogP contribution in [0.4, 0.5) is 5.69 Å². The molecule has 0 saturated heterocycles. The maximum Gasteiger partial charge on any atom is 0.291 e. The van der Waals surface area contributed by atoms with E-state index in [1.807, 2.05) is 42.8 Å². The van der Waals surface area contributed by atoms with E-state index in [1.54, 1.807) is 12.4 Å². The molecule has 1 aliphatic rings. The van der Waals surface area contributed by atoms with E-state index in [0.29, 0.717) is 17.8 Å². The highest BCUT2D eigenvalue weighted by atomic mass is 16.2. The summed E-state index contributed by atoms with van der Waals surface area (Å²) in [5.41, 5.74) is 10.5. The van der Waals surface area contributed by atoms with Crippen molar-refractivity contribution < 1.29 is 9.59 Å². The molecule has 0 saturated carbocycles. The summed E-state index contributed by atoms with van der Waals surface area (Å²) in [5.74, 6) is 0.229. The standard InChI is InChI=1S/C33H32N6O2/c1-20-23(16-28-31-24(11-13-34-28)15-22(19-40)17-35-31)7-5-8-25(20)26-9-6-10-27(21(26)2)37-33(41)32-36-29-18-38(3)14-12-30(29)39(32)4/h5-11,13,15,17,19H,12,14,16,18H2,1-4H3,(H,37,41). The number of benzene rings is 2. The van der Waals surface area contributed by atoms with Crippen LogP contribution in [0.2, 0.25) is 0 Å². The fourth-order valence-electron chi connectivity index (χ4n) is 5.78. The predicted octanol–water partition coefficient (Wildman–Crippen LogP) is 5.29. The summed E-state index contributed by atoms with van der Waals surface area (Å²) in [6, 6.07) is 16.0. The van der Waals surface area contributed by atoms with Crippen LogP contribution in [0.3, 0.4) is 0 Å². The molecule has 1 amide bonds. The highest BCUT2D eigenvalue weighted by Gasteiger charge is 2.24. The molecule has 0 unspecified atom stereocenters. The van der Waals surface area contributed by atoms with Gasteiger partial charge in [-0.25, -0.2) is 4.98 Å². The van der Waals surface area contributed by atoms with Gasteiger partial charge in [0, 0.05) is 67.7 Å². The molecular formula is C33H32N6O2. The lowest BCUT2D eigenvalue weighted by atomic mass is 9.91. The fourth-order valence-corrected chi connectivity index (χ4v) is 5.78. The number of aldehydes is 1. The van der Waals surface area contributed by atoms with Crippen molar-refractivity contribution in [3.63, 3.8) is 0 Å². The van der Waals surface area contributed by atoms with E-state index in [4.69, 9.17) is 0 Å². The lowest BCUT2D eigenvalue weighted by Gasteiger charge is -2.21. The molecule has 8 nitrogen and oxygen atoms in total. The Labute approximate surface area is 239 Å². The largest absolute Gasteiger partial charge is 0.327 e. The Bertz CT molecular complexity index is 1820. The number of nitrogens with one attached hydrogen (secondary N) is 1. The number of carbonyl (C=O) groups excluding carboxylic acids is 2. The lowest BCUT2D eigenvalue weighted by Crippen LogP contribution is -2.27. The van der Waals surface area contributed by atoms with Crippen LogP contribution in [-0.4, -0.2) is 50.2 Å². The van der Waals surface area contributed by atoms with Crippen LogP contribution < -0.4 is 5.32 Å². The maximum atomic E-state index is 13.4. The Morgan fingerprint density at radius 3 is 2.61 bits per heavy atom. The van der Waals surface area contributed by atoms with E-state index in [0.717, 1.165) is 87.3 Å². The van der Waals surface area contributed by atoms with Crippen molar-refractivity contribution in [2.24, 2.45) is 7.05 Å². The molecule has 6 rings (SSSR count). The Morgan fingerprint density at radius 1 is 1.02 bits per heavy atom. The number of nitrogens with zero attached hydrogens (tertiary/aromatic N) is 5. The van der Waals surface area contributed by atoms with Crippen molar-refractivity contribution in [1.29, 1.82) is 0 Å². The van der Waals surface area contributed by atoms with Gasteiger partial charge in [-0.15, -0.1) is 0 Å². The van der Waals surface area contributed by atoms with Gasteiger partial charge < -0.3 is 14.8 Å². The molecule has 1 N–H and O–H groups in total. The van der Waals surface area contributed by atoms with E-state index in [-0.39, 0.29) is 5.91 Å². The average molecular weight is 545 g/mol. The zero-order chi connectivity index (χ0) is 28.7. The molecule has 8 heteroatoms. The number of fused-ring (bicyclic) bond motifs is 2. The van der Waals surface area contributed by atoms with Crippen LogP contribution in [0.5, 0.6) is 0 Å². The van der Waals surface area contributed by atoms with Crippen molar-refractivity contribution in [2.75, 3.05) is 18.9 Å². The molecule has 0 radical (unpaired) electrons. The molecule has 0 spiro atoms. The normalized spacial score (nSPS) is 13.3. The first-order valence-corrected chi connectivity index (χ1v) is 13.8. The molecule has 0 aliphatic carbocycles. The van der Waals surface area contributed by atoms with Crippen LogP contribution in [0.25, 0.3) is 22.0 Å². The van der Waals surface area contributed by atoms with Gasteiger partial charge in [0.25, 0.3) is 5.91 Å². The summed E-state index contributed by atoms with van der Waals surface area (Å²) in [7, 11) is 3.99. The molecule has 3 aromatic heterocycles. The van der Waals surface area contributed by atoms with E-state index >= 15 is 0 Å². The van der Waals surface area contributed by atoms with Gasteiger partial charge in [-0.1, -0.05) is 30.3 Å². The van der Waals surface area contributed by atoms with Crippen molar-refractivity contribution >= 4 is 28.8 Å². The van der Waals surface area contributed by atoms with Crippen molar-refractivity contribution in [1.82, 2.24) is 24.4 Å². The zero-order valence-electron chi connectivity index (χ0n) is 23.7. The molecular weight excluding hydrogens is 512 g/mol. The SMILES string of the molecule is Cc1c(Cc2nccc3cc(C=O)cnc23)cccc1-c1cccc(NC(=O)c2nc3c(n2C)CCN(C)C3)c1C. The quantitative estimate of drug-likeness (QED) is 0.292. The van der Waals surface area contributed by atoms with E-state index < -0.39 is 0 Å². The minimum absolute atomic E-state index is 0.206. The van der Waals surface area contributed by atoms with Crippen LogP contribution in [0.1, 0.15) is 54.7 Å². The van der Waals surface area contributed by atoms with Gasteiger partial charge in [0.15, 0.2) is 12.1 Å². The monoisotopic (exact) mass is 544 g/mol. The molecule has 4 heterocycles. The highest BCUT2D eigenvalue weighted by molar-refractivity contribution is 6.03. The number of amides is 1. The molecule has 5 aromatic rings. The minimum atomic E-state index is -0.206. The van der Waals surface area contributed by atoms with Gasteiger partial charge in [0.2, 0.25) is 0 Å². The van der Waals surface area contributed by atoms with Crippen LogP contribution >= 0.6 is 0 Å². The van der Waals surface area contributed by atoms with Gasteiger partial charge in [0.1, 0.15) is 0 Å². The lowest BCUT2D eigenvalue weighted by molar-refractivity contribution is 0.101. The third kappa shape index (κ3) is 4.91. The molecule has 41 heavy (non-hydrogen) atoms. The summed E-state index contributed by atoms with van der Waals surface area (Å²) in [4.78, 5) is 40.6. The highest BCUT2D eigenvalue weighted by Crippen LogP contribution is 2.33. The predicted molar refractivity (Wildman–Crippen MR) is 160 cm³/mol. The molecule has 0 atom stereocenters. The topological polar surface area (TPSA) is 93.0 Å². The van der Waals surface area contributed by atoms with Gasteiger partial charge >= 0.3 is 0 Å². The maximum absolute atomic E-state index is 13.4. The number of hydrogen-bond donors (Lipinski definition) is 1. The summed E-state index contributed by atoms with van der Waals surface area (Å²) >= 11 is 0. The molecule has 206 valence electrons. The Kier molecular flexibility index (Phi) is 6.93. The second-order valence-corrected chi connectivity index (χ2v) is 10.8. The minimum Gasteiger partial charge on any atom is -0.327 e. The number of carbonyl (C=O) groups is 2. The number of likely N-dealkylation sites (N-methyl/N-ethyl adjacent to an activating group) is 1. The number of rotatable bonds is 6. The number of aromatic nitrogens is 4. The van der Waals surface area contributed by atoms with E-state index in [1.165, 1.54) is 0 Å². The van der Waals surface area contributed by atoms with Gasteiger partial charge in [-0.2, -0.15) is 0 Å². The Balaban J connectivity index is 1.30. The summed E-state index contributed by atoms with van der Waals surface area (Å²) in [6.07, 6.45) is 5.66. The first-order chi connectivity index (χ1) is 19.8. The number of hydrogen-bond acceptors (Lipinski definition) is 6. The van der Waals surface area contributed by atoms with E-state index in [9.17, 15) is 9.59 Å². The van der Waals surface area contributed by atoms with Crippen LogP contribution in [0, 0.1) is 13.8 Å². The van der Waals surface area contributed by atoms with Crippen molar-refractivity contribution in [3.05, 3.63) is 106 Å². The third-order valence-corrected chi connectivity index (χ3v) is 8.16. The van der Waals surface area contributed by atoms with Crippen molar-refractivity contribution in [2.45, 2.75) is 33.2 Å². The molecule has 2 aromatic carbocycles. The smallest absolute Gasteiger partial charge is 0.291 e. The fraction of sp³-hybridized carbons (Fsp3) is 0.242. The summed E-state index contributed by atoms with van der Waals surface area (Å²) in [6.45, 7) is 5.87. The van der Waals surface area contributed by atoms with Gasteiger partial charge in [-0.05, 0) is 66.9 Å². The summed E-state index contributed by atoms with van der Waals surface area (Å²) < 4.78 is 1.93. The molecule has 1 aliphatic heterocycles. The Hall–Kier alpha value is -4.69. The second kappa shape index (κ2) is 10.7. The third-order valence-electron chi connectivity index (χ3n) is 8.16. The molecule has 0 fully saturated rings. The number of anilines is 1. The second-order valence-electron chi connectivity index (χ2n) is 10.8. The average Bonchev–Trinajstić information content (AvgIpc) is 3.30. The Morgan fingerprint density at radius 2 is 1.80 bits per heavy atom. The molecule has 0 bridgehead atoms. The zero-order valence-corrected chi connectivity index (χ0v) is 23.7.